The van der Waals surface area contributed by atoms with Crippen molar-refractivity contribution in [1.82, 2.24) is 9.88 Å². The van der Waals surface area contributed by atoms with Gasteiger partial charge in [0.2, 0.25) is 0 Å². The summed E-state index contributed by atoms with van der Waals surface area (Å²) in [5.41, 5.74) is 2.25. The van der Waals surface area contributed by atoms with E-state index >= 15 is 0 Å². The SMILES string of the molecule is COc1ccc(CCNc2ccnc(N=CN(C)C)c2C#N)cc1OC. The third-order valence-electron chi connectivity index (χ3n) is 3.63. The number of aromatic nitrogens is 1. The first kappa shape index (κ1) is 19.1. The van der Waals surface area contributed by atoms with E-state index in [1.807, 2.05) is 32.3 Å². The van der Waals surface area contributed by atoms with E-state index in [0.29, 0.717) is 35.1 Å². The second-order valence-electron chi connectivity index (χ2n) is 5.74. The summed E-state index contributed by atoms with van der Waals surface area (Å²) in [6, 6.07) is 9.78. The molecule has 26 heavy (non-hydrogen) atoms. The molecule has 0 fully saturated rings. The standard InChI is InChI=1S/C19H23N5O2/c1-24(2)13-23-19-15(12-20)16(8-10-22-19)21-9-7-14-5-6-17(25-3)18(11-14)26-4/h5-6,8,10-11,13H,7,9H2,1-4H3,(H,21,22). The smallest absolute Gasteiger partial charge is 0.173 e. The number of anilines is 1. The second kappa shape index (κ2) is 9.28. The van der Waals surface area contributed by atoms with Crippen molar-refractivity contribution < 1.29 is 9.47 Å². The molecule has 1 aromatic heterocycles. The molecule has 0 amide bonds. The zero-order valence-electron chi connectivity index (χ0n) is 15.5. The molecule has 0 aliphatic rings. The van der Waals surface area contributed by atoms with Crippen LogP contribution in [0, 0.1) is 11.3 Å². The number of benzene rings is 1. The molecule has 2 rings (SSSR count). The molecular formula is C19H23N5O2. The molecule has 0 bridgehead atoms. The number of hydrogen-bond acceptors (Lipinski definition) is 6. The average Bonchev–Trinajstić information content (AvgIpc) is 2.66. The van der Waals surface area contributed by atoms with Gasteiger partial charge in [-0.25, -0.2) is 9.98 Å². The minimum Gasteiger partial charge on any atom is -0.493 e. The molecule has 0 aliphatic heterocycles. The van der Waals surface area contributed by atoms with Gasteiger partial charge in [-0.2, -0.15) is 5.26 Å². The molecular weight excluding hydrogens is 330 g/mol. The first-order valence-corrected chi connectivity index (χ1v) is 8.13. The van der Waals surface area contributed by atoms with Crippen LogP contribution in [0.3, 0.4) is 0 Å². The monoisotopic (exact) mass is 353 g/mol. The lowest BCUT2D eigenvalue weighted by Crippen LogP contribution is -2.08. The zero-order chi connectivity index (χ0) is 18.9. The highest BCUT2D eigenvalue weighted by Gasteiger charge is 2.09. The number of aliphatic imine (C=N–C) groups is 1. The summed E-state index contributed by atoms with van der Waals surface area (Å²) in [7, 11) is 6.95. The van der Waals surface area contributed by atoms with E-state index in [4.69, 9.17) is 9.47 Å². The summed E-state index contributed by atoms with van der Waals surface area (Å²) < 4.78 is 10.6. The summed E-state index contributed by atoms with van der Waals surface area (Å²) in [4.78, 5) is 10.2. The van der Waals surface area contributed by atoms with Crippen molar-refractivity contribution in [2.75, 3.05) is 40.2 Å². The molecule has 0 radical (unpaired) electrons. The number of ether oxygens (including phenoxy) is 2. The Labute approximate surface area is 153 Å². The van der Waals surface area contributed by atoms with Gasteiger partial charge in [0.25, 0.3) is 0 Å². The van der Waals surface area contributed by atoms with Gasteiger partial charge in [0.15, 0.2) is 17.3 Å². The van der Waals surface area contributed by atoms with Crippen LogP contribution in [0.15, 0.2) is 35.5 Å². The Morgan fingerprint density at radius 3 is 2.65 bits per heavy atom. The van der Waals surface area contributed by atoms with Crippen LogP contribution in [-0.2, 0) is 6.42 Å². The first-order chi connectivity index (χ1) is 12.6. The summed E-state index contributed by atoms with van der Waals surface area (Å²) in [6.07, 6.45) is 4.03. The lowest BCUT2D eigenvalue weighted by molar-refractivity contribution is 0.354. The fourth-order valence-electron chi connectivity index (χ4n) is 2.35. The van der Waals surface area contributed by atoms with Crippen molar-refractivity contribution in [3.8, 4) is 17.6 Å². The summed E-state index contributed by atoms with van der Waals surface area (Å²) in [5.74, 6) is 1.80. The Balaban J connectivity index is 2.08. The van der Waals surface area contributed by atoms with Crippen molar-refractivity contribution in [1.29, 1.82) is 5.26 Å². The summed E-state index contributed by atoms with van der Waals surface area (Å²) in [6.45, 7) is 0.658. The quantitative estimate of drug-likeness (QED) is 0.580. The van der Waals surface area contributed by atoms with Crippen LogP contribution in [0.2, 0.25) is 0 Å². The molecule has 7 nitrogen and oxygen atoms in total. The van der Waals surface area contributed by atoms with Gasteiger partial charge in [0, 0.05) is 26.8 Å². The molecule has 7 heteroatoms. The summed E-state index contributed by atoms with van der Waals surface area (Å²) in [5, 5.41) is 12.7. The highest BCUT2D eigenvalue weighted by atomic mass is 16.5. The average molecular weight is 353 g/mol. The third-order valence-corrected chi connectivity index (χ3v) is 3.63. The lowest BCUT2D eigenvalue weighted by atomic mass is 10.1. The Hall–Kier alpha value is -3.27. The highest BCUT2D eigenvalue weighted by molar-refractivity contribution is 5.69. The molecule has 0 saturated carbocycles. The van der Waals surface area contributed by atoms with Gasteiger partial charge in [-0.1, -0.05) is 6.07 Å². The molecule has 136 valence electrons. The zero-order valence-corrected chi connectivity index (χ0v) is 15.5. The van der Waals surface area contributed by atoms with E-state index in [0.717, 1.165) is 12.0 Å². The largest absolute Gasteiger partial charge is 0.493 e. The number of nitrogens with one attached hydrogen (secondary N) is 1. The molecule has 0 aliphatic carbocycles. The molecule has 1 aromatic carbocycles. The van der Waals surface area contributed by atoms with Crippen molar-refractivity contribution in [2.24, 2.45) is 4.99 Å². The Kier molecular flexibility index (Phi) is 6.80. The van der Waals surface area contributed by atoms with Gasteiger partial charge in [0.05, 0.1) is 26.2 Å². The predicted octanol–water partition coefficient (Wildman–Crippen LogP) is 2.85. The van der Waals surface area contributed by atoms with Crippen LogP contribution in [0.1, 0.15) is 11.1 Å². The number of nitriles is 1. The van der Waals surface area contributed by atoms with E-state index in [1.54, 1.807) is 37.7 Å². The van der Waals surface area contributed by atoms with E-state index in [-0.39, 0.29) is 0 Å². The summed E-state index contributed by atoms with van der Waals surface area (Å²) >= 11 is 0. The number of rotatable bonds is 8. The van der Waals surface area contributed by atoms with Crippen molar-refractivity contribution in [3.05, 3.63) is 41.6 Å². The van der Waals surface area contributed by atoms with E-state index < -0.39 is 0 Å². The van der Waals surface area contributed by atoms with E-state index in [9.17, 15) is 5.26 Å². The Morgan fingerprint density at radius 1 is 1.23 bits per heavy atom. The number of pyridine rings is 1. The minimum atomic E-state index is 0.400. The third kappa shape index (κ3) is 4.86. The second-order valence-corrected chi connectivity index (χ2v) is 5.74. The molecule has 1 N–H and O–H groups in total. The molecule has 2 aromatic rings. The van der Waals surface area contributed by atoms with E-state index in [2.05, 4.69) is 21.4 Å². The van der Waals surface area contributed by atoms with Gasteiger partial charge >= 0.3 is 0 Å². The van der Waals surface area contributed by atoms with Crippen LogP contribution in [0.5, 0.6) is 11.5 Å². The van der Waals surface area contributed by atoms with Gasteiger partial charge in [-0.05, 0) is 30.2 Å². The maximum absolute atomic E-state index is 9.46. The molecule has 0 spiro atoms. The van der Waals surface area contributed by atoms with Crippen LogP contribution in [0.4, 0.5) is 11.5 Å². The number of nitrogens with zero attached hydrogens (tertiary/aromatic N) is 4. The van der Waals surface area contributed by atoms with Crippen molar-refractivity contribution in [2.45, 2.75) is 6.42 Å². The van der Waals surface area contributed by atoms with Crippen molar-refractivity contribution in [3.63, 3.8) is 0 Å². The number of hydrogen-bond donors (Lipinski definition) is 1. The van der Waals surface area contributed by atoms with Gasteiger partial charge in [-0.15, -0.1) is 0 Å². The fourth-order valence-corrected chi connectivity index (χ4v) is 2.35. The van der Waals surface area contributed by atoms with Crippen LogP contribution < -0.4 is 14.8 Å². The molecule has 0 saturated heterocycles. The minimum absolute atomic E-state index is 0.400. The predicted molar refractivity (Wildman–Crippen MR) is 103 cm³/mol. The fraction of sp³-hybridized carbons (Fsp3) is 0.316. The Bertz CT molecular complexity index is 812. The van der Waals surface area contributed by atoms with Gasteiger partial charge in [0.1, 0.15) is 11.6 Å². The topological polar surface area (TPSA) is 82.8 Å². The van der Waals surface area contributed by atoms with Crippen LogP contribution in [0.25, 0.3) is 0 Å². The van der Waals surface area contributed by atoms with Crippen LogP contribution in [-0.4, -0.2) is 51.1 Å². The molecule has 0 unspecified atom stereocenters. The first-order valence-electron chi connectivity index (χ1n) is 8.13. The van der Waals surface area contributed by atoms with Gasteiger partial charge < -0.3 is 19.7 Å². The maximum atomic E-state index is 9.46. The van der Waals surface area contributed by atoms with Gasteiger partial charge in [-0.3, -0.25) is 0 Å². The Morgan fingerprint density at radius 2 is 2.00 bits per heavy atom. The molecule has 1 heterocycles. The molecule has 0 atom stereocenters. The number of methoxy groups -OCH3 is 2. The maximum Gasteiger partial charge on any atom is 0.173 e. The lowest BCUT2D eigenvalue weighted by Gasteiger charge is -2.11. The normalized spacial score (nSPS) is 10.4. The highest BCUT2D eigenvalue weighted by Crippen LogP contribution is 2.28. The van der Waals surface area contributed by atoms with Crippen LogP contribution >= 0.6 is 0 Å². The van der Waals surface area contributed by atoms with Crippen molar-refractivity contribution >= 4 is 17.8 Å². The van der Waals surface area contributed by atoms with E-state index in [1.165, 1.54) is 0 Å².